The van der Waals surface area contributed by atoms with Gasteiger partial charge in [-0.2, -0.15) is 0 Å². The first-order valence-corrected chi connectivity index (χ1v) is 11.6. The molecule has 2 aromatic heterocycles. The van der Waals surface area contributed by atoms with E-state index in [1.165, 1.54) is 17.4 Å². The number of aryl methyl sites for hydroxylation is 1. The third kappa shape index (κ3) is 6.43. The molecule has 0 atom stereocenters. The second kappa shape index (κ2) is 12.6. The van der Waals surface area contributed by atoms with Crippen molar-refractivity contribution >= 4 is 47.0 Å². The lowest BCUT2D eigenvalue weighted by Gasteiger charge is -2.21. The fourth-order valence-corrected chi connectivity index (χ4v) is 3.75. The number of ether oxygens (including phenoxy) is 2. The van der Waals surface area contributed by atoms with E-state index in [0.717, 1.165) is 5.52 Å². The van der Waals surface area contributed by atoms with Crippen molar-refractivity contribution in [2.24, 2.45) is 12.8 Å². The highest BCUT2D eigenvalue weighted by Gasteiger charge is 2.21. The number of nitrogens with zero attached hydrogens (tertiary/aromatic N) is 5. The zero-order valence-corrected chi connectivity index (χ0v) is 21.8. The van der Waals surface area contributed by atoms with Crippen molar-refractivity contribution in [3.8, 4) is 5.75 Å². The molecule has 0 bridgehead atoms. The van der Waals surface area contributed by atoms with Gasteiger partial charge in [0.1, 0.15) is 36.2 Å². The van der Waals surface area contributed by atoms with Crippen molar-refractivity contribution in [1.82, 2.24) is 19.5 Å². The van der Waals surface area contributed by atoms with Crippen LogP contribution in [0.15, 0.2) is 61.1 Å². The molecule has 0 aliphatic heterocycles. The molecular weight excluding hydrogens is 510 g/mol. The minimum absolute atomic E-state index is 0. The second-order valence-corrected chi connectivity index (χ2v) is 8.10. The molecule has 38 heavy (non-hydrogen) atoms. The van der Waals surface area contributed by atoms with Crippen molar-refractivity contribution in [3.63, 3.8) is 0 Å². The standard InChI is InChI=1S/C26H27N7O4.ClH/c1-3-36-24(34)11-13-33(22-10-12-29-16-30-22)26(35)18-6-9-21-20(14-18)31-23(32(21)2)15-37-19-7-4-17(5-8-19)25(27)28;/h4-10,12,14,16H,3,11,13,15H2,1-2H3,(H3,27,28);1H. The molecular formula is C26H28ClN7O4. The van der Waals surface area contributed by atoms with Gasteiger partial charge in [-0.25, -0.2) is 15.0 Å². The molecule has 0 spiro atoms. The number of anilines is 1. The number of hydrogen-bond donors (Lipinski definition) is 2. The molecule has 0 aliphatic rings. The Bertz CT molecular complexity index is 1430. The summed E-state index contributed by atoms with van der Waals surface area (Å²) in [6.07, 6.45) is 2.92. The molecule has 11 nitrogen and oxygen atoms in total. The molecule has 0 aliphatic carbocycles. The van der Waals surface area contributed by atoms with Gasteiger partial charge in [-0.3, -0.25) is 19.9 Å². The average Bonchev–Trinajstić information content (AvgIpc) is 3.23. The summed E-state index contributed by atoms with van der Waals surface area (Å²) in [4.78, 5) is 39.6. The van der Waals surface area contributed by atoms with Crippen molar-refractivity contribution in [2.75, 3.05) is 18.1 Å². The van der Waals surface area contributed by atoms with Crippen LogP contribution in [0.5, 0.6) is 5.75 Å². The van der Waals surface area contributed by atoms with Crippen LogP contribution in [0.4, 0.5) is 5.82 Å². The maximum absolute atomic E-state index is 13.5. The maximum atomic E-state index is 13.5. The Kier molecular flexibility index (Phi) is 9.33. The van der Waals surface area contributed by atoms with Crippen LogP contribution in [0.2, 0.25) is 0 Å². The number of nitrogen functional groups attached to an aromatic ring is 1. The Balaban J connectivity index is 0.00000400. The predicted octanol–water partition coefficient (Wildman–Crippen LogP) is 3.25. The van der Waals surface area contributed by atoms with Crippen LogP contribution in [-0.4, -0.2) is 50.4 Å². The largest absolute Gasteiger partial charge is 0.486 e. The third-order valence-corrected chi connectivity index (χ3v) is 5.69. The van der Waals surface area contributed by atoms with Crippen molar-refractivity contribution in [1.29, 1.82) is 5.41 Å². The van der Waals surface area contributed by atoms with E-state index in [0.29, 0.717) is 34.0 Å². The number of hydrogen-bond acceptors (Lipinski definition) is 8. The molecule has 0 saturated carbocycles. The predicted molar refractivity (Wildman–Crippen MR) is 145 cm³/mol. The van der Waals surface area contributed by atoms with E-state index < -0.39 is 5.97 Å². The van der Waals surface area contributed by atoms with Gasteiger partial charge in [-0.1, -0.05) is 0 Å². The quantitative estimate of drug-likeness (QED) is 0.178. The highest BCUT2D eigenvalue weighted by atomic mass is 35.5. The number of rotatable bonds is 10. The molecule has 12 heteroatoms. The fraction of sp³-hybridized carbons (Fsp3) is 0.231. The van der Waals surface area contributed by atoms with Gasteiger partial charge in [-0.05, 0) is 55.5 Å². The second-order valence-electron chi connectivity index (χ2n) is 8.10. The minimum atomic E-state index is -0.393. The normalized spacial score (nSPS) is 10.5. The Morgan fingerprint density at radius 3 is 2.50 bits per heavy atom. The van der Waals surface area contributed by atoms with Crippen LogP contribution in [0.25, 0.3) is 11.0 Å². The minimum Gasteiger partial charge on any atom is -0.486 e. The lowest BCUT2D eigenvalue weighted by molar-refractivity contribution is -0.142. The Hall–Kier alpha value is -4.51. The summed E-state index contributed by atoms with van der Waals surface area (Å²) >= 11 is 0. The first-order chi connectivity index (χ1) is 17.9. The molecule has 0 fully saturated rings. The number of carbonyl (C=O) groups excluding carboxylic acids is 2. The summed E-state index contributed by atoms with van der Waals surface area (Å²) in [7, 11) is 1.88. The molecule has 0 saturated heterocycles. The van der Waals surface area contributed by atoms with E-state index in [4.69, 9.17) is 20.6 Å². The molecule has 1 amide bonds. The molecule has 198 valence electrons. The van der Waals surface area contributed by atoms with Gasteiger partial charge < -0.3 is 19.8 Å². The summed E-state index contributed by atoms with van der Waals surface area (Å²) in [6, 6.07) is 13.8. The van der Waals surface area contributed by atoms with Crippen molar-refractivity contribution < 1.29 is 19.1 Å². The first kappa shape index (κ1) is 28.1. The van der Waals surface area contributed by atoms with Crippen LogP contribution in [0.1, 0.15) is 35.1 Å². The highest BCUT2D eigenvalue weighted by molar-refractivity contribution is 6.07. The summed E-state index contributed by atoms with van der Waals surface area (Å²) in [5, 5.41) is 7.48. The van der Waals surface area contributed by atoms with Gasteiger partial charge in [0.15, 0.2) is 0 Å². The molecule has 3 N–H and O–H groups in total. The Labute approximate surface area is 225 Å². The fourth-order valence-electron chi connectivity index (χ4n) is 3.75. The summed E-state index contributed by atoms with van der Waals surface area (Å²) < 4.78 is 12.8. The van der Waals surface area contributed by atoms with Gasteiger partial charge >= 0.3 is 5.97 Å². The van der Waals surface area contributed by atoms with Gasteiger partial charge in [0.05, 0.1) is 24.1 Å². The summed E-state index contributed by atoms with van der Waals surface area (Å²) in [5.74, 6) is 0.955. The number of nitrogens with one attached hydrogen (secondary N) is 1. The Morgan fingerprint density at radius 1 is 1.11 bits per heavy atom. The van der Waals surface area contributed by atoms with Crippen molar-refractivity contribution in [3.05, 3.63) is 78.0 Å². The molecule has 2 heterocycles. The number of aromatic nitrogens is 4. The number of nitrogens with two attached hydrogens (primary N) is 1. The van der Waals surface area contributed by atoms with Crippen LogP contribution < -0.4 is 15.4 Å². The first-order valence-electron chi connectivity index (χ1n) is 11.6. The van der Waals surface area contributed by atoms with Gasteiger partial charge in [0.2, 0.25) is 0 Å². The zero-order chi connectivity index (χ0) is 26.4. The van der Waals surface area contributed by atoms with Crippen LogP contribution in [-0.2, 0) is 23.2 Å². The molecule has 4 aromatic rings. The number of benzene rings is 2. The summed E-state index contributed by atoms with van der Waals surface area (Å²) in [5.41, 5.74) is 7.98. The van der Waals surface area contributed by atoms with E-state index in [1.807, 2.05) is 17.7 Å². The monoisotopic (exact) mass is 537 g/mol. The van der Waals surface area contributed by atoms with E-state index in [-0.39, 0.29) is 50.3 Å². The van der Waals surface area contributed by atoms with Gasteiger partial charge in [-0.15, -0.1) is 12.4 Å². The number of amides is 1. The van der Waals surface area contributed by atoms with Crippen LogP contribution in [0, 0.1) is 5.41 Å². The number of halogens is 1. The molecule has 2 aromatic carbocycles. The number of imidazole rings is 1. The third-order valence-electron chi connectivity index (χ3n) is 5.69. The Morgan fingerprint density at radius 2 is 1.84 bits per heavy atom. The van der Waals surface area contributed by atoms with E-state index in [2.05, 4.69) is 15.0 Å². The highest BCUT2D eigenvalue weighted by Crippen LogP contribution is 2.21. The number of carbonyl (C=O) groups is 2. The van der Waals surface area contributed by atoms with E-state index in [9.17, 15) is 9.59 Å². The summed E-state index contributed by atoms with van der Waals surface area (Å²) in [6.45, 7) is 2.32. The van der Waals surface area contributed by atoms with Crippen LogP contribution in [0.3, 0.4) is 0 Å². The lowest BCUT2D eigenvalue weighted by atomic mass is 10.1. The number of amidine groups is 1. The van der Waals surface area contributed by atoms with Crippen molar-refractivity contribution in [2.45, 2.75) is 20.0 Å². The SMILES string of the molecule is CCOC(=O)CCN(C(=O)c1ccc2c(c1)nc(COc1ccc(C(=N)N)cc1)n2C)c1ccncn1.Cl. The van der Waals surface area contributed by atoms with Gasteiger partial charge in [0, 0.05) is 30.9 Å². The van der Waals surface area contributed by atoms with E-state index >= 15 is 0 Å². The number of esters is 1. The van der Waals surface area contributed by atoms with E-state index in [1.54, 1.807) is 49.4 Å². The van der Waals surface area contributed by atoms with Crippen LogP contribution >= 0.6 is 12.4 Å². The average molecular weight is 538 g/mol. The van der Waals surface area contributed by atoms with Gasteiger partial charge in [0.25, 0.3) is 5.91 Å². The zero-order valence-electron chi connectivity index (χ0n) is 21.0. The lowest BCUT2D eigenvalue weighted by Crippen LogP contribution is -2.34. The topological polar surface area (TPSA) is 149 Å². The number of fused-ring (bicyclic) bond motifs is 1. The molecule has 0 radical (unpaired) electrons. The molecule has 4 rings (SSSR count). The molecule has 0 unspecified atom stereocenters. The maximum Gasteiger partial charge on any atom is 0.307 e. The smallest absolute Gasteiger partial charge is 0.307 e.